The summed E-state index contributed by atoms with van der Waals surface area (Å²) in [5.74, 6) is -0.458. The van der Waals surface area contributed by atoms with Gasteiger partial charge in [0.2, 0.25) is 5.56 Å². The van der Waals surface area contributed by atoms with Crippen LogP contribution in [-0.4, -0.2) is 40.8 Å². The molecule has 0 unspecified atom stereocenters. The monoisotopic (exact) mass is 749 g/mol. The maximum absolute atomic E-state index is 10.6. The Bertz CT molecular complexity index is 2140. The molecule has 4 aromatic heterocycles. The Morgan fingerprint density at radius 3 is 1.08 bits per heavy atom. The number of rotatable bonds is 6. The van der Waals surface area contributed by atoms with E-state index in [1.165, 1.54) is 10.6 Å². The van der Waals surface area contributed by atoms with Gasteiger partial charge in [0.15, 0.2) is 0 Å². The Hall–Kier alpha value is -6.05. The molecule has 0 bridgehead atoms. The van der Waals surface area contributed by atoms with Crippen LogP contribution in [0, 0.1) is 20.8 Å². The van der Waals surface area contributed by atoms with Crippen LogP contribution in [0.2, 0.25) is 0 Å². The number of hydrogen-bond acceptors (Lipinski definition) is 5. The van der Waals surface area contributed by atoms with Gasteiger partial charge in [-0.1, -0.05) is 133 Å². The minimum Gasteiger partial charge on any atom is -0.869 e. The molecule has 0 amide bonds. The van der Waals surface area contributed by atoms with Gasteiger partial charge < -0.3 is 23.5 Å². The Morgan fingerprint density at radius 1 is 0.491 bits per heavy atom. The quantitative estimate of drug-likeness (QED) is 0.171. The molecule has 11 heteroatoms. The molecule has 8 aromatic rings. The van der Waals surface area contributed by atoms with Gasteiger partial charge in [0.1, 0.15) is 0 Å². The molecule has 0 radical (unpaired) electrons. The zero-order valence-corrected chi connectivity index (χ0v) is 33.4. The van der Waals surface area contributed by atoms with E-state index in [4.69, 9.17) is 15.3 Å². The van der Waals surface area contributed by atoms with Crippen molar-refractivity contribution in [2.24, 2.45) is 7.05 Å². The van der Waals surface area contributed by atoms with E-state index in [9.17, 15) is 9.90 Å². The molecule has 0 atom stereocenters. The van der Waals surface area contributed by atoms with E-state index < -0.39 is 18.4 Å². The van der Waals surface area contributed by atoms with Gasteiger partial charge in [0.25, 0.3) is 0 Å². The number of benzene rings is 4. The SMILES string of the molecule is Cc1cc(-c2ccccc2)nn1[BH-](n1nc(-c2ccccc2)cc1C)n1nc(-c2ccccc2)cc1C.Cn1cccc([O-])c1=O.[Zn+2].c1ccccc1. The van der Waals surface area contributed by atoms with Gasteiger partial charge in [-0.3, -0.25) is 4.79 Å². The Labute approximate surface area is 322 Å². The van der Waals surface area contributed by atoms with E-state index in [2.05, 4.69) is 89.1 Å². The molecule has 0 saturated carbocycles. The van der Waals surface area contributed by atoms with Gasteiger partial charge in [-0.05, 0) is 67.9 Å². The molecule has 0 N–H and O–H groups in total. The third kappa shape index (κ3) is 9.25. The van der Waals surface area contributed by atoms with E-state index in [0.29, 0.717) is 0 Å². The Morgan fingerprint density at radius 2 is 0.792 bits per heavy atom. The summed E-state index contributed by atoms with van der Waals surface area (Å²) in [5.41, 5.74) is 8.80. The first kappa shape index (κ1) is 38.2. The van der Waals surface area contributed by atoms with E-state index >= 15 is 0 Å². The molecule has 0 saturated heterocycles. The summed E-state index contributed by atoms with van der Waals surface area (Å²) in [6, 6.07) is 52.1. The van der Waals surface area contributed by atoms with E-state index in [1.54, 1.807) is 19.3 Å². The molecule has 9 nitrogen and oxygen atoms in total. The minimum absolute atomic E-state index is 0. The molecule has 53 heavy (non-hydrogen) atoms. The van der Waals surface area contributed by atoms with Crippen molar-refractivity contribution >= 4 is 7.12 Å². The van der Waals surface area contributed by atoms with Crippen LogP contribution in [0.5, 0.6) is 5.75 Å². The van der Waals surface area contributed by atoms with E-state index in [0.717, 1.165) is 50.9 Å². The molecule has 0 aliphatic heterocycles. The van der Waals surface area contributed by atoms with Crippen LogP contribution < -0.4 is 10.7 Å². The third-order valence-corrected chi connectivity index (χ3v) is 8.71. The number of nitrogens with zero attached hydrogens (tertiary/aromatic N) is 7. The molecular weight excluding hydrogens is 711 g/mol. The van der Waals surface area contributed by atoms with Crippen LogP contribution in [0.1, 0.15) is 17.1 Å². The molecule has 0 aliphatic carbocycles. The Kier molecular flexibility index (Phi) is 12.9. The summed E-state index contributed by atoms with van der Waals surface area (Å²) in [4.78, 5) is 10.6. The van der Waals surface area contributed by atoms with Gasteiger partial charge in [-0.15, -0.1) is 0 Å². The average molecular weight is 751 g/mol. The van der Waals surface area contributed by atoms with Crippen LogP contribution in [-0.2, 0) is 26.5 Å². The summed E-state index contributed by atoms with van der Waals surface area (Å²) < 4.78 is 7.56. The van der Waals surface area contributed by atoms with Crippen LogP contribution in [0.25, 0.3) is 33.8 Å². The fraction of sp³-hybridized carbons (Fsp3) is 0.0952. The van der Waals surface area contributed by atoms with E-state index in [-0.39, 0.29) is 19.5 Å². The predicted molar refractivity (Wildman–Crippen MR) is 208 cm³/mol. The minimum atomic E-state index is -1.55. The first-order valence-electron chi connectivity index (χ1n) is 17.1. The zero-order chi connectivity index (χ0) is 36.5. The van der Waals surface area contributed by atoms with Crippen molar-refractivity contribution in [1.29, 1.82) is 0 Å². The van der Waals surface area contributed by atoms with Crippen molar-refractivity contribution in [2.75, 3.05) is 0 Å². The summed E-state index contributed by atoms with van der Waals surface area (Å²) >= 11 is 0. The van der Waals surface area contributed by atoms with Gasteiger partial charge in [0.05, 0.1) is 17.1 Å². The maximum atomic E-state index is 10.6. The predicted octanol–water partition coefficient (Wildman–Crippen LogP) is 7.01. The molecule has 260 valence electrons. The fourth-order valence-electron chi connectivity index (χ4n) is 5.98. The maximum Gasteiger partial charge on any atom is 2.00 e. The first-order chi connectivity index (χ1) is 25.3. The molecule has 4 heterocycles. The van der Waals surface area contributed by atoms with Crippen LogP contribution in [0.4, 0.5) is 0 Å². The van der Waals surface area contributed by atoms with Gasteiger partial charge in [-0.2, -0.15) is 0 Å². The average Bonchev–Trinajstić information content (AvgIpc) is 3.89. The van der Waals surface area contributed by atoms with Crippen LogP contribution in [0.15, 0.2) is 169 Å². The molecule has 0 spiro atoms. The summed E-state index contributed by atoms with van der Waals surface area (Å²) in [6.45, 7) is 6.31. The standard InChI is InChI=1S/C30H28BN6.C6H7NO2.C6H6.Zn/c1-22-19-28(25-13-7-4-8-14-25)32-35(22)31(36-23(2)20-29(33-36)26-15-9-5-10-16-26)37-24(3)21-30(34-37)27-17-11-6-12-18-27;1-7-4-2-3-5(8)6(7)9;1-2-4-6-5-3-1;/h4-21,31H,1-3H3;2-4,8H,1H3;1-6H;/q-1;;;+2/p-1. The van der Waals surface area contributed by atoms with Gasteiger partial charge in [0, 0.05) is 29.9 Å². The van der Waals surface area contributed by atoms with Crippen molar-refractivity contribution in [2.45, 2.75) is 20.8 Å². The second-order valence-electron chi connectivity index (χ2n) is 12.5. The van der Waals surface area contributed by atoms with Crippen molar-refractivity contribution < 1.29 is 24.6 Å². The van der Waals surface area contributed by atoms with E-state index in [1.807, 2.05) is 91.0 Å². The molecule has 0 fully saturated rings. The van der Waals surface area contributed by atoms with Crippen molar-refractivity contribution in [1.82, 2.24) is 33.6 Å². The van der Waals surface area contributed by atoms with Gasteiger partial charge >= 0.3 is 26.6 Å². The molecular formula is C42H40BN7O2Zn. The summed E-state index contributed by atoms with van der Waals surface area (Å²) in [5, 5.41) is 25.8. The molecule has 4 aromatic carbocycles. The zero-order valence-electron chi connectivity index (χ0n) is 30.4. The van der Waals surface area contributed by atoms with Crippen molar-refractivity contribution in [3.63, 3.8) is 0 Å². The summed E-state index contributed by atoms with van der Waals surface area (Å²) in [7, 11) is -0.00951. The second-order valence-corrected chi connectivity index (χ2v) is 12.5. The molecule has 8 rings (SSSR count). The normalized spacial score (nSPS) is 10.4. The van der Waals surface area contributed by atoms with Crippen molar-refractivity contribution in [3.8, 4) is 39.5 Å². The third-order valence-electron chi connectivity index (χ3n) is 8.71. The number of aromatic nitrogens is 7. The molecule has 0 aliphatic rings. The topological polar surface area (TPSA) is 98.5 Å². The van der Waals surface area contributed by atoms with Gasteiger partial charge in [-0.25, -0.2) is 15.3 Å². The fourth-order valence-corrected chi connectivity index (χ4v) is 5.98. The van der Waals surface area contributed by atoms with Crippen LogP contribution >= 0.6 is 0 Å². The number of aryl methyl sites for hydroxylation is 4. The summed E-state index contributed by atoms with van der Waals surface area (Å²) in [6.07, 6.45) is 1.55. The number of pyridine rings is 1. The largest absolute Gasteiger partial charge is 2.00 e. The second kappa shape index (κ2) is 17.9. The first-order valence-corrected chi connectivity index (χ1v) is 17.1. The Balaban J connectivity index is 0.000000281. The van der Waals surface area contributed by atoms with Crippen molar-refractivity contribution in [3.05, 3.63) is 191 Å². The van der Waals surface area contributed by atoms with Crippen LogP contribution in [0.3, 0.4) is 0 Å². The smallest absolute Gasteiger partial charge is 0.869 e. The number of hydrogen-bond donors (Lipinski definition) is 0.